The minimum absolute atomic E-state index is 0.118. The summed E-state index contributed by atoms with van der Waals surface area (Å²) >= 11 is 0. The molecule has 96 valence electrons. The lowest BCUT2D eigenvalue weighted by molar-refractivity contribution is 0.102. The van der Waals surface area contributed by atoms with E-state index in [-0.39, 0.29) is 16.4 Å². The summed E-state index contributed by atoms with van der Waals surface area (Å²) < 4.78 is 28.5. The Balaban J connectivity index is 2.48. The van der Waals surface area contributed by atoms with Crippen molar-refractivity contribution >= 4 is 25.5 Å². The van der Waals surface area contributed by atoms with Crippen LogP contribution in [0.25, 0.3) is 0 Å². The maximum Gasteiger partial charge on any atom is 0.276 e. The number of carbonyl (C=O) groups excluding carboxylic acids is 1. The van der Waals surface area contributed by atoms with Gasteiger partial charge in [-0.2, -0.15) is 0 Å². The minimum atomic E-state index is -3.88. The van der Waals surface area contributed by atoms with E-state index in [9.17, 15) is 13.2 Å². The Morgan fingerprint density at radius 3 is 2.56 bits per heavy atom. The fourth-order valence-electron chi connectivity index (χ4n) is 1.57. The van der Waals surface area contributed by atoms with E-state index >= 15 is 0 Å². The lowest BCUT2D eigenvalue weighted by Gasteiger charge is -2.02. The van der Waals surface area contributed by atoms with E-state index in [0.29, 0.717) is 5.76 Å². The highest BCUT2D eigenvalue weighted by atomic mass is 35.7. The van der Waals surface area contributed by atoms with E-state index < -0.39 is 14.8 Å². The van der Waals surface area contributed by atoms with Crippen LogP contribution in [0.15, 0.2) is 27.7 Å². The van der Waals surface area contributed by atoms with E-state index in [1.807, 2.05) is 0 Å². The van der Waals surface area contributed by atoms with Gasteiger partial charge in [0.05, 0.1) is 5.69 Å². The molecule has 0 N–H and O–H groups in total. The molecule has 18 heavy (non-hydrogen) atoms. The molecule has 0 saturated heterocycles. The van der Waals surface area contributed by atoms with Crippen LogP contribution in [0.5, 0.6) is 0 Å². The quantitative estimate of drug-likeness (QED) is 0.631. The van der Waals surface area contributed by atoms with Crippen molar-refractivity contribution < 1.29 is 17.7 Å². The topological polar surface area (TPSA) is 82.2 Å². The Bertz CT molecular complexity index is 714. The summed E-state index contributed by atoms with van der Waals surface area (Å²) in [6.07, 6.45) is 0. The smallest absolute Gasteiger partial charge is 0.276 e. The van der Waals surface area contributed by atoms with Gasteiger partial charge in [-0.05, 0) is 19.1 Å². The van der Waals surface area contributed by atoms with Crippen molar-refractivity contribution in [1.82, 2.24) is 9.72 Å². The Morgan fingerprint density at radius 1 is 1.44 bits per heavy atom. The van der Waals surface area contributed by atoms with Crippen LogP contribution < -0.4 is 0 Å². The standard InChI is InChI=1S/C10H9ClN2O4S/c1-6-5-7(12-17-6)10(14)8-3-4-9(13(8)2)18(11,15)16/h3-5H,1-2H3. The molecule has 2 heterocycles. The third-order valence-corrected chi connectivity index (χ3v) is 3.80. The van der Waals surface area contributed by atoms with Crippen LogP contribution in [-0.2, 0) is 16.1 Å². The minimum Gasteiger partial charge on any atom is -0.361 e. The highest BCUT2D eigenvalue weighted by molar-refractivity contribution is 8.13. The number of carbonyl (C=O) groups is 1. The molecule has 0 aromatic carbocycles. The van der Waals surface area contributed by atoms with Gasteiger partial charge in [0.1, 0.15) is 5.76 Å². The van der Waals surface area contributed by atoms with Gasteiger partial charge in [0.2, 0.25) is 5.78 Å². The van der Waals surface area contributed by atoms with E-state index in [0.717, 1.165) is 0 Å². The van der Waals surface area contributed by atoms with Gasteiger partial charge >= 0.3 is 0 Å². The van der Waals surface area contributed by atoms with Crippen LogP contribution in [0.1, 0.15) is 21.9 Å². The lowest BCUT2D eigenvalue weighted by Crippen LogP contribution is -2.10. The van der Waals surface area contributed by atoms with E-state index in [4.69, 9.17) is 15.2 Å². The van der Waals surface area contributed by atoms with Gasteiger partial charge in [0.25, 0.3) is 9.05 Å². The molecule has 0 aliphatic carbocycles. The molecule has 0 atom stereocenters. The summed E-state index contributed by atoms with van der Waals surface area (Å²) in [7, 11) is 2.79. The third kappa shape index (κ3) is 2.19. The maximum absolute atomic E-state index is 12.0. The lowest BCUT2D eigenvalue weighted by atomic mass is 10.2. The van der Waals surface area contributed by atoms with Gasteiger partial charge in [-0.3, -0.25) is 4.79 Å². The molecule has 0 radical (unpaired) electrons. The summed E-state index contributed by atoms with van der Waals surface area (Å²) in [4.78, 5) is 12.0. The molecule has 0 bridgehead atoms. The van der Waals surface area contributed by atoms with Crippen molar-refractivity contribution in [1.29, 1.82) is 0 Å². The molecule has 0 spiro atoms. The van der Waals surface area contributed by atoms with Gasteiger partial charge in [-0.1, -0.05) is 5.16 Å². The van der Waals surface area contributed by atoms with Crippen molar-refractivity contribution in [2.24, 2.45) is 7.05 Å². The van der Waals surface area contributed by atoms with Crippen molar-refractivity contribution in [3.63, 3.8) is 0 Å². The number of hydrogen-bond acceptors (Lipinski definition) is 5. The first-order valence-corrected chi connectivity index (χ1v) is 7.20. The average molecular weight is 289 g/mol. The van der Waals surface area contributed by atoms with Crippen LogP contribution in [0, 0.1) is 6.92 Å². The molecule has 2 aromatic heterocycles. The number of halogens is 1. The molecule has 8 heteroatoms. The monoisotopic (exact) mass is 288 g/mol. The van der Waals surface area contributed by atoms with Crippen LogP contribution in [0.2, 0.25) is 0 Å². The van der Waals surface area contributed by atoms with Crippen LogP contribution in [0.3, 0.4) is 0 Å². The molecule has 0 unspecified atom stereocenters. The molecule has 0 fully saturated rings. The van der Waals surface area contributed by atoms with Crippen molar-refractivity contribution in [2.45, 2.75) is 11.9 Å². The molecule has 0 amide bonds. The number of rotatable bonds is 3. The van der Waals surface area contributed by atoms with Crippen LogP contribution in [0.4, 0.5) is 0 Å². The zero-order valence-electron chi connectivity index (χ0n) is 9.55. The Morgan fingerprint density at radius 2 is 2.11 bits per heavy atom. The number of aryl methyl sites for hydroxylation is 1. The number of hydrogen-bond donors (Lipinski definition) is 0. The summed E-state index contributed by atoms with van der Waals surface area (Å²) in [6, 6.07) is 4.12. The molecular formula is C10H9ClN2O4S. The highest BCUT2D eigenvalue weighted by Crippen LogP contribution is 2.19. The van der Waals surface area contributed by atoms with Crippen LogP contribution in [-0.4, -0.2) is 23.9 Å². The average Bonchev–Trinajstić information content (AvgIpc) is 2.82. The zero-order chi connectivity index (χ0) is 13.5. The SMILES string of the molecule is Cc1cc(C(=O)c2ccc(S(=O)(=O)Cl)n2C)no1. The second-order valence-corrected chi connectivity index (χ2v) is 6.22. The fourth-order valence-corrected chi connectivity index (χ4v) is 2.69. The summed E-state index contributed by atoms with van der Waals surface area (Å²) in [5.41, 5.74) is 0.287. The first-order chi connectivity index (χ1) is 8.30. The Kier molecular flexibility index (Phi) is 3.04. The number of ketones is 1. The van der Waals surface area contributed by atoms with Gasteiger partial charge in [0, 0.05) is 23.8 Å². The zero-order valence-corrected chi connectivity index (χ0v) is 11.1. The predicted octanol–water partition coefficient (Wildman–Crippen LogP) is 1.48. The molecule has 0 aliphatic rings. The van der Waals surface area contributed by atoms with E-state index in [1.165, 1.54) is 29.8 Å². The van der Waals surface area contributed by atoms with Crippen molar-refractivity contribution in [3.05, 3.63) is 35.3 Å². The Labute approximate surface area is 108 Å². The van der Waals surface area contributed by atoms with Gasteiger partial charge in [-0.25, -0.2) is 8.42 Å². The number of nitrogens with zero attached hydrogens (tertiary/aromatic N) is 2. The first-order valence-electron chi connectivity index (χ1n) is 4.89. The predicted molar refractivity (Wildman–Crippen MR) is 63.1 cm³/mol. The van der Waals surface area contributed by atoms with Crippen molar-refractivity contribution in [3.8, 4) is 0 Å². The molecule has 6 nitrogen and oxygen atoms in total. The Hall–Kier alpha value is -1.60. The second-order valence-electron chi connectivity index (χ2n) is 3.71. The second kappa shape index (κ2) is 4.25. The maximum atomic E-state index is 12.0. The normalized spacial score (nSPS) is 11.7. The largest absolute Gasteiger partial charge is 0.361 e. The molecule has 2 aromatic rings. The van der Waals surface area contributed by atoms with Gasteiger partial charge < -0.3 is 9.09 Å². The molecule has 2 rings (SSSR count). The molecule has 0 aliphatic heterocycles. The summed E-state index contributed by atoms with van der Waals surface area (Å²) in [5, 5.41) is 3.44. The van der Waals surface area contributed by atoms with Gasteiger partial charge in [0.15, 0.2) is 10.7 Å². The summed E-state index contributed by atoms with van der Waals surface area (Å²) in [5.74, 6) is 0.0682. The fraction of sp³-hybridized carbons (Fsp3) is 0.200. The van der Waals surface area contributed by atoms with E-state index in [2.05, 4.69) is 5.16 Å². The first kappa shape index (κ1) is 12.8. The third-order valence-electron chi connectivity index (χ3n) is 2.42. The molecule has 0 saturated carbocycles. The van der Waals surface area contributed by atoms with Crippen LogP contribution >= 0.6 is 10.7 Å². The van der Waals surface area contributed by atoms with Crippen molar-refractivity contribution in [2.75, 3.05) is 0 Å². The van der Waals surface area contributed by atoms with Gasteiger partial charge in [-0.15, -0.1) is 0 Å². The molecular weight excluding hydrogens is 280 g/mol. The number of aromatic nitrogens is 2. The summed E-state index contributed by atoms with van der Waals surface area (Å²) in [6.45, 7) is 1.66. The van der Waals surface area contributed by atoms with E-state index in [1.54, 1.807) is 6.92 Å². The highest BCUT2D eigenvalue weighted by Gasteiger charge is 2.22.